The summed E-state index contributed by atoms with van der Waals surface area (Å²) < 4.78 is 49.8. The van der Waals surface area contributed by atoms with E-state index in [0.717, 1.165) is 0 Å². The minimum Gasteiger partial charge on any atom is -0.394 e. The van der Waals surface area contributed by atoms with Gasteiger partial charge in [0.2, 0.25) is 0 Å². The Hall–Kier alpha value is -4.69. The van der Waals surface area contributed by atoms with E-state index in [0.29, 0.717) is 0 Å². The molecule has 4 fully saturated rings. The van der Waals surface area contributed by atoms with Crippen molar-refractivity contribution < 1.29 is 63.5 Å². The van der Waals surface area contributed by atoms with E-state index in [2.05, 4.69) is 60.2 Å². The number of hydrogen-bond donors (Lipinski definition) is 6. The van der Waals surface area contributed by atoms with Gasteiger partial charge in [0.25, 0.3) is 0 Å². The number of alkyl halides is 1. The van der Waals surface area contributed by atoms with E-state index in [1.807, 2.05) is 0 Å². The molecule has 1 saturated carbocycles. The number of ether oxygens (including phenoxy) is 6. The van der Waals surface area contributed by atoms with Gasteiger partial charge < -0.3 is 59.1 Å². The molecule has 31 heteroatoms. The van der Waals surface area contributed by atoms with Crippen LogP contribution in [0, 0.1) is 0 Å². The van der Waals surface area contributed by atoms with Crippen LogP contribution < -0.4 is 0 Å². The van der Waals surface area contributed by atoms with Crippen molar-refractivity contribution in [1.82, 2.24) is 0 Å². The van der Waals surface area contributed by atoms with Crippen molar-refractivity contribution in [2.45, 2.75) is 123 Å². The molecular weight excluding hydrogens is 739 g/mol. The number of nitrogens with zero attached hydrogens (tertiary/aromatic N) is 18. The molecule has 4 aliphatic rings. The lowest BCUT2D eigenvalue weighted by molar-refractivity contribution is -0.302. The van der Waals surface area contributed by atoms with Gasteiger partial charge in [0.1, 0.15) is 54.9 Å². The van der Waals surface area contributed by atoms with Crippen molar-refractivity contribution in [3.8, 4) is 0 Å². The average molecular weight is 773 g/mol. The largest absolute Gasteiger partial charge is 0.394 e. The first-order valence-corrected chi connectivity index (χ1v) is 15.8. The Kier molecular flexibility index (Phi) is 15.3. The first kappa shape index (κ1) is 42.1. The summed E-state index contributed by atoms with van der Waals surface area (Å²) in [4.78, 5) is 15.6. The Morgan fingerprint density at radius 3 is 1.61 bits per heavy atom. The zero-order valence-corrected chi connectivity index (χ0v) is 27.4. The maximum Gasteiger partial charge on any atom is 0.187 e. The second-order valence-corrected chi connectivity index (χ2v) is 12.0. The predicted molar refractivity (Wildman–Crippen MR) is 167 cm³/mol. The third-order valence-corrected chi connectivity index (χ3v) is 8.97. The summed E-state index contributed by atoms with van der Waals surface area (Å²) in [5, 5.41) is 84.6. The summed E-state index contributed by atoms with van der Waals surface area (Å²) in [6.07, 6.45) is -27.5. The van der Waals surface area contributed by atoms with Crippen LogP contribution in [-0.2, 0) is 28.4 Å². The SMILES string of the molecule is [N-]=[N+]=NC[C@@H]1O[C@H](O[C@H]2[C@@H](O)[C@H](O[C@H]3[C@H](O[C@H]4O[C@H](CN=[N+]=[N-])[C@@H](O)[C@@H](F)C4N=[N+]=[N-])C(N=[N+]=[N-])CC(N=[N+]=[N-])[C@@H]3O)O[C@@H]2CO)C(N=[N+]=[N-])[C@@H](O)[C@@H]1O. The molecular formula is C23H33FN18O12. The fourth-order valence-electron chi connectivity index (χ4n) is 6.37. The molecule has 294 valence electrons. The third kappa shape index (κ3) is 9.15. The molecule has 1 aliphatic carbocycles. The van der Waals surface area contributed by atoms with E-state index < -0.39 is 142 Å². The van der Waals surface area contributed by atoms with Crippen LogP contribution in [0.5, 0.6) is 0 Å². The molecule has 3 heterocycles. The molecule has 0 aromatic heterocycles. The third-order valence-electron chi connectivity index (χ3n) is 8.97. The first-order valence-electron chi connectivity index (χ1n) is 15.8. The number of aliphatic hydroxyl groups excluding tert-OH is 6. The molecule has 4 rings (SSSR count). The van der Waals surface area contributed by atoms with E-state index >= 15 is 4.39 Å². The summed E-state index contributed by atoms with van der Waals surface area (Å²) in [5.74, 6) is 0. The number of hydrogen-bond acceptors (Lipinski definition) is 18. The van der Waals surface area contributed by atoms with Crippen molar-refractivity contribution in [2.75, 3.05) is 19.7 Å². The van der Waals surface area contributed by atoms with Crippen LogP contribution >= 0.6 is 0 Å². The van der Waals surface area contributed by atoms with E-state index in [9.17, 15) is 36.2 Å². The molecule has 6 N–H and O–H groups in total. The smallest absolute Gasteiger partial charge is 0.187 e. The van der Waals surface area contributed by atoms with Gasteiger partial charge in [-0.3, -0.25) is 0 Å². The molecule has 0 bridgehead atoms. The van der Waals surface area contributed by atoms with Gasteiger partial charge in [-0.15, -0.1) is 0 Å². The van der Waals surface area contributed by atoms with Crippen molar-refractivity contribution in [2.24, 2.45) is 30.7 Å². The molecule has 0 amide bonds. The zero-order valence-electron chi connectivity index (χ0n) is 27.4. The van der Waals surface area contributed by atoms with Crippen LogP contribution in [0.1, 0.15) is 6.42 Å². The maximum atomic E-state index is 15.4. The summed E-state index contributed by atoms with van der Waals surface area (Å²) in [5.41, 5.74) is 54.1. The molecule has 4 unspecified atom stereocenters. The van der Waals surface area contributed by atoms with Crippen LogP contribution in [0.2, 0.25) is 0 Å². The lowest BCUT2D eigenvalue weighted by Gasteiger charge is -2.46. The van der Waals surface area contributed by atoms with Crippen molar-refractivity contribution >= 4 is 0 Å². The van der Waals surface area contributed by atoms with Gasteiger partial charge in [-0.2, -0.15) is 0 Å². The van der Waals surface area contributed by atoms with Gasteiger partial charge in [0.15, 0.2) is 18.9 Å². The molecule has 3 aliphatic heterocycles. The number of azide groups is 6. The van der Waals surface area contributed by atoms with Crippen LogP contribution in [0.4, 0.5) is 4.39 Å². The first-order chi connectivity index (χ1) is 26.0. The Morgan fingerprint density at radius 2 is 1.04 bits per heavy atom. The molecule has 54 heavy (non-hydrogen) atoms. The number of halogens is 1. The van der Waals surface area contributed by atoms with Crippen LogP contribution in [-0.4, -0.2) is 167 Å². The fourth-order valence-corrected chi connectivity index (χ4v) is 6.37. The van der Waals surface area contributed by atoms with Crippen molar-refractivity contribution in [3.63, 3.8) is 0 Å². The second-order valence-electron chi connectivity index (χ2n) is 12.0. The van der Waals surface area contributed by atoms with Gasteiger partial charge in [0.05, 0.1) is 62.3 Å². The molecule has 0 spiro atoms. The number of rotatable bonds is 15. The zero-order chi connectivity index (χ0) is 39.5. The minimum absolute atomic E-state index is 0.410. The molecule has 0 aromatic rings. The summed E-state index contributed by atoms with van der Waals surface area (Å²) in [6, 6.07) is -6.42. The van der Waals surface area contributed by atoms with Crippen molar-refractivity contribution in [3.05, 3.63) is 62.7 Å². The summed E-state index contributed by atoms with van der Waals surface area (Å²) in [7, 11) is 0. The van der Waals surface area contributed by atoms with Crippen molar-refractivity contribution in [1.29, 1.82) is 0 Å². The van der Waals surface area contributed by atoms with Gasteiger partial charge in [-0.1, -0.05) is 30.7 Å². The van der Waals surface area contributed by atoms with Gasteiger partial charge >= 0.3 is 0 Å². The normalized spacial score (nSPS) is 43.1. The lowest BCUT2D eigenvalue weighted by Crippen LogP contribution is -2.62. The van der Waals surface area contributed by atoms with Crippen LogP contribution in [0.15, 0.2) is 30.7 Å². The Morgan fingerprint density at radius 1 is 0.537 bits per heavy atom. The van der Waals surface area contributed by atoms with Gasteiger partial charge in [-0.25, -0.2) is 4.39 Å². The fraction of sp³-hybridized carbons (Fsp3) is 1.00. The van der Waals surface area contributed by atoms with Crippen LogP contribution in [0.25, 0.3) is 62.7 Å². The molecule has 19 atom stereocenters. The highest BCUT2D eigenvalue weighted by Gasteiger charge is 2.55. The highest BCUT2D eigenvalue weighted by Crippen LogP contribution is 2.38. The highest BCUT2D eigenvalue weighted by atomic mass is 19.1. The highest BCUT2D eigenvalue weighted by molar-refractivity contribution is 5.04. The molecule has 30 nitrogen and oxygen atoms in total. The molecule has 0 radical (unpaired) electrons. The van der Waals surface area contributed by atoms with E-state index in [1.54, 1.807) is 0 Å². The second kappa shape index (κ2) is 19.6. The van der Waals surface area contributed by atoms with E-state index in [4.69, 9.17) is 56.1 Å². The van der Waals surface area contributed by atoms with Gasteiger partial charge in [0, 0.05) is 29.5 Å². The number of aliphatic hydroxyl groups is 6. The van der Waals surface area contributed by atoms with E-state index in [-0.39, 0.29) is 0 Å². The lowest BCUT2D eigenvalue weighted by atomic mass is 9.84. The van der Waals surface area contributed by atoms with E-state index in [1.165, 1.54) is 0 Å². The molecule has 3 saturated heterocycles. The quantitative estimate of drug-likeness (QED) is 0.0738. The summed E-state index contributed by atoms with van der Waals surface area (Å²) >= 11 is 0. The van der Waals surface area contributed by atoms with Crippen LogP contribution in [0.3, 0.4) is 0 Å². The maximum absolute atomic E-state index is 15.4. The topological polar surface area (TPSA) is 469 Å². The molecule has 0 aromatic carbocycles. The monoisotopic (exact) mass is 772 g/mol. The standard InChI is InChI=1S/C23H33FN18O12/c24-10-11(35-41-29)21(49-7(14(10)45)2-31-37-25)52-18-6(34-40-28)1-5(33-39-27)13(44)20(18)54-23-17(48)19(9(4-43)51-23)53-22-12(36-42-30)16(47)15(46)8(50-22)3-32-38-26/h5-23,43-48H,1-4H2/t5?,6?,7-,8+,9-,10+,11?,12?,13+,14-,15-,16-,17-,18-,19-,20-,21-,22-,23+/m1/s1. The average Bonchev–Trinajstić information content (AvgIpc) is 3.45. The Balaban J connectivity index is 1.67. The Bertz CT molecular complexity index is 1600. The summed E-state index contributed by atoms with van der Waals surface area (Å²) in [6.45, 7) is -2.03. The minimum atomic E-state index is -2.37. The Labute approximate surface area is 299 Å². The van der Waals surface area contributed by atoms with Gasteiger partial charge in [-0.05, 0) is 39.6 Å². The predicted octanol–water partition coefficient (Wildman–Crippen LogP) is 0.191.